The predicted molar refractivity (Wildman–Crippen MR) is 38.6 cm³/mol. The summed E-state index contributed by atoms with van der Waals surface area (Å²) in [6, 6.07) is 0. The molecule has 0 saturated carbocycles. The molecule has 62 valence electrons. The molecule has 3 nitrogen and oxygen atoms in total. The zero-order valence-electron chi connectivity index (χ0n) is 6.27. The van der Waals surface area contributed by atoms with Gasteiger partial charge in [-0.25, -0.2) is 0 Å². The summed E-state index contributed by atoms with van der Waals surface area (Å²) in [6.07, 6.45) is 3.98. The summed E-state index contributed by atoms with van der Waals surface area (Å²) >= 11 is 0. The van der Waals surface area contributed by atoms with E-state index < -0.39 is 6.29 Å². The Balaban J connectivity index is 1.90. The van der Waals surface area contributed by atoms with Crippen molar-refractivity contribution in [3.05, 3.63) is 12.3 Å². The smallest absolute Gasteiger partial charge is 0.154 e. The zero-order chi connectivity index (χ0) is 7.68. The number of rotatable bonds is 1. The first-order valence-electron chi connectivity index (χ1n) is 3.94. The van der Waals surface area contributed by atoms with Crippen LogP contribution in [0.2, 0.25) is 0 Å². The fourth-order valence-corrected chi connectivity index (χ4v) is 1.60. The van der Waals surface area contributed by atoms with Crippen molar-refractivity contribution in [1.82, 2.24) is 0 Å². The summed E-state index contributed by atoms with van der Waals surface area (Å²) in [4.78, 5) is 0. The second-order valence-corrected chi connectivity index (χ2v) is 3.11. The van der Waals surface area contributed by atoms with E-state index in [0.29, 0.717) is 18.4 Å². The summed E-state index contributed by atoms with van der Waals surface area (Å²) in [5.41, 5.74) is 0. The van der Waals surface area contributed by atoms with Crippen LogP contribution < -0.4 is 0 Å². The molecular weight excluding hydrogens is 144 g/mol. The van der Waals surface area contributed by atoms with Gasteiger partial charge in [-0.2, -0.15) is 0 Å². The molecule has 0 aliphatic carbocycles. The number of ether oxygens (including phenoxy) is 2. The maximum atomic E-state index is 9.07. The molecule has 1 saturated heterocycles. The monoisotopic (exact) mass is 156 g/mol. The van der Waals surface area contributed by atoms with Gasteiger partial charge in [-0.3, -0.25) is 0 Å². The summed E-state index contributed by atoms with van der Waals surface area (Å²) in [6.45, 7) is 1.42. The molecule has 0 aromatic carbocycles. The normalized spacial score (nSPS) is 42.8. The lowest BCUT2D eigenvalue weighted by molar-refractivity contribution is -0.0592. The molecule has 0 aromatic rings. The van der Waals surface area contributed by atoms with Crippen molar-refractivity contribution >= 4 is 0 Å². The van der Waals surface area contributed by atoms with E-state index in [1.54, 1.807) is 6.26 Å². The van der Waals surface area contributed by atoms with Crippen LogP contribution in [0.25, 0.3) is 0 Å². The van der Waals surface area contributed by atoms with E-state index >= 15 is 0 Å². The van der Waals surface area contributed by atoms with E-state index in [0.717, 1.165) is 13.0 Å². The Morgan fingerprint density at radius 1 is 1.36 bits per heavy atom. The minimum absolute atomic E-state index is 0.448. The van der Waals surface area contributed by atoms with Crippen molar-refractivity contribution in [2.75, 3.05) is 13.2 Å². The minimum atomic E-state index is -0.547. The fourth-order valence-electron chi connectivity index (χ4n) is 1.60. The third-order valence-corrected chi connectivity index (χ3v) is 2.32. The van der Waals surface area contributed by atoms with Crippen molar-refractivity contribution in [1.29, 1.82) is 0 Å². The molecule has 0 aromatic heterocycles. The number of hydrogen-bond donors (Lipinski definition) is 1. The molecule has 0 bridgehead atoms. The Morgan fingerprint density at radius 3 is 2.82 bits per heavy atom. The van der Waals surface area contributed by atoms with Gasteiger partial charge in [0.2, 0.25) is 0 Å². The van der Waals surface area contributed by atoms with Crippen LogP contribution in [0.3, 0.4) is 0 Å². The molecule has 1 fully saturated rings. The third-order valence-electron chi connectivity index (χ3n) is 2.32. The van der Waals surface area contributed by atoms with Crippen molar-refractivity contribution < 1.29 is 14.6 Å². The first-order chi connectivity index (χ1) is 5.36. The molecule has 0 radical (unpaired) electrons. The van der Waals surface area contributed by atoms with E-state index in [-0.39, 0.29) is 0 Å². The van der Waals surface area contributed by atoms with Gasteiger partial charge >= 0.3 is 0 Å². The molecule has 1 N–H and O–H groups in total. The minimum Gasteiger partial charge on any atom is -0.501 e. The lowest BCUT2D eigenvalue weighted by Crippen LogP contribution is -2.14. The first-order valence-corrected chi connectivity index (χ1v) is 3.94. The van der Waals surface area contributed by atoms with Gasteiger partial charge in [0.05, 0.1) is 19.5 Å². The third kappa shape index (κ3) is 1.39. The standard InChI is InChI=1S/C8H12O3/c9-8-3-7(5-11-8)6-1-2-10-4-6/h1-2,6-9H,3-5H2. The average molecular weight is 156 g/mol. The zero-order valence-corrected chi connectivity index (χ0v) is 6.27. The van der Waals surface area contributed by atoms with E-state index in [2.05, 4.69) is 0 Å². The SMILES string of the molecule is OC1CC(C2C=COC2)CO1. The van der Waals surface area contributed by atoms with Gasteiger partial charge in [-0.15, -0.1) is 0 Å². The number of aliphatic hydroxyl groups excluding tert-OH is 1. The van der Waals surface area contributed by atoms with Crippen LogP contribution in [-0.4, -0.2) is 24.6 Å². The Bertz CT molecular complexity index is 167. The Hall–Kier alpha value is -0.540. The van der Waals surface area contributed by atoms with Crippen molar-refractivity contribution in [2.24, 2.45) is 11.8 Å². The highest BCUT2D eigenvalue weighted by Crippen LogP contribution is 2.28. The molecule has 3 heteroatoms. The number of aliphatic hydroxyl groups is 1. The van der Waals surface area contributed by atoms with Crippen LogP contribution in [0.5, 0.6) is 0 Å². The van der Waals surface area contributed by atoms with Crippen molar-refractivity contribution in [3.8, 4) is 0 Å². The molecule has 0 amide bonds. The van der Waals surface area contributed by atoms with Gasteiger partial charge in [0.15, 0.2) is 6.29 Å². The van der Waals surface area contributed by atoms with Crippen LogP contribution >= 0.6 is 0 Å². The van der Waals surface area contributed by atoms with Crippen molar-refractivity contribution in [3.63, 3.8) is 0 Å². The lowest BCUT2D eigenvalue weighted by Gasteiger charge is -2.11. The maximum Gasteiger partial charge on any atom is 0.154 e. The van der Waals surface area contributed by atoms with Crippen LogP contribution in [0.4, 0.5) is 0 Å². The quantitative estimate of drug-likeness (QED) is 0.601. The Kier molecular flexibility index (Phi) is 1.84. The number of hydrogen-bond acceptors (Lipinski definition) is 3. The second kappa shape index (κ2) is 2.83. The molecule has 0 spiro atoms. The molecule has 2 rings (SSSR count). The first kappa shape index (κ1) is 7.13. The van der Waals surface area contributed by atoms with Gasteiger partial charge in [0.25, 0.3) is 0 Å². The summed E-state index contributed by atoms with van der Waals surface area (Å²) in [5.74, 6) is 0.899. The highest BCUT2D eigenvalue weighted by Gasteiger charge is 2.30. The summed E-state index contributed by atoms with van der Waals surface area (Å²) < 4.78 is 10.1. The van der Waals surface area contributed by atoms with E-state index in [1.165, 1.54) is 0 Å². The van der Waals surface area contributed by atoms with Crippen LogP contribution in [0.1, 0.15) is 6.42 Å². The molecular formula is C8H12O3. The maximum absolute atomic E-state index is 9.07. The summed E-state index contributed by atoms with van der Waals surface area (Å²) in [7, 11) is 0. The van der Waals surface area contributed by atoms with Gasteiger partial charge < -0.3 is 14.6 Å². The van der Waals surface area contributed by atoms with E-state index in [1.807, 2.05) is 6.08 Å². The van der Waals surface area contributed by atoms with Crippen LogP contribution in [0.15, 0.2) is 12.3 Å². The molecule has 2 aliphatic heterocycles. The average Bonchev–Trinajstić information content (AvgIpc) is 2.55. The lowest BCUT2D eigenvalue weighted by atomic mass is 9.93. The van der Waals surface area contributed by atoms with Gasteiger partial charge in [-0.05, 0) is 12.0 Å². The van der Waals surface area contributed by atoms with Crippen molar-refractivity contribution in [2.45, 2.75) is 12.7 Å². The second-order valence-electron chi connectivity index (χ2n) is 3.11. The largest absolute Gasteiger partial charge is 0.501 e. The van der Waals surface area contributed by atoms with E-state index in [4.69, 9.17) is 14.6 Å². The van der Waals surface area contributed by atoms with Gasteiger partial charge in [-0.1, -0.05) is 0 Å². The molecule has 2 aliphatic rings. The Labute approximate surface area is 65.6 Å². The molecule has 11 heavy (non-hydrogen) atoms. The Morgan fingerprint density at radius 2 is 2.27 bits per heavy atom. The summed E-state index contributed by atoms with van der Waals surface area (Å²) in [5, 5.41) is 9.07. The topological polar surface area (TPSA) is 38.7 Å². The molecule has 2 heterocycles. The molecule has 3 unspecified atom stereocenters. The van der Waals surface area contributed by atoms with Gasteiger partial charge in [0.1, 0.15) is 0 Å². The highest BCUT2D eigenvalue weighted by atomic mass is 16.6. The molecule has 3 atom stereocenters. The predicted octanol–water partition coefficient (Wildman–Crippen LogP) is 0.501. The van der Waals surface area contributed by atoms with Gasteiger partial charge in [0, 0.05) is 12.3 Å². The van der Waals surface area contributed by atoms with Crippen LogP contribution in [0, 0.1) is 11.8 Å². The van der Waals surface area contributed by atoms with E-state index in [9.17, 15) is 0 Å². The van der Waals surface area contributed by atoms with Crippen LogP contribution in [-0.2, 0) is 9.47 Å². The highest BCUT2D eigenvalue weighted by molar-refractivity contribution is 4.94. The fraction of sp³-hybridized carbons (Fsp3) is 0.750.